The van der Waals surface area contributed by atoms with E-state index in [-0.39, 0.29) is 5.78 Å². The van der Waals surface area contributed by atoms with Gasteiger partial charge in [0.05, 0.1) is 5.71 Å². The zero-order chi connectivity index (χ0) is 10.4. The van der Waals surface area contributed by atoms with E-state index in [0.29, 0.717) is 0 Å². The molecule has 0 fully saturated rings. The molecule has 0 unspecified atom stereocenters. The second-order valence-corrected chi connectivity index (χ2v) is 2.79. The van der Waals surface area contributed by atoms with E-state index in [9.17, 15) is 4.79 Å². The zero-order valence-electron chi connectivity index (χ0n) is 8.27. The van der Waals surface area contributed by atoms with Crippen LogP contribution in [0.1, 0.15) is 12.5 Å². The summed E-state index contributed by atoms with van der Waals surface area (Å²) in [4.78, 5) is 18.8. The highest BCUT2D eigenvalue weighted by Crippen LogP contribution is 2.00. The molecule has 0 aromatic carbocycles. The van der Waals surface area contributed by atoms with E-state index in [0.717, 1.165) is 11.3 Å². The molecule has 1 heterocycles. The summed E-state index contributed by atoms with van der Waals surface area (Å²) in [6.07, 6.45) is 6.60. The molecular weight excluding hydrogens is 176 g/mol. The summed E-state index contributed by atoms with van der Waals surface area (Å²) in [6.45, 7) is 1.51. The number of aromatic nitrogens is 1. The van der Waals surface area contributed by atoms with Crippen molar-refractivity contribution in [1.29, 1.82) is 0 Å². The average molecular weight is 188 g/mol. The second kappa shape index (κ2) is 5.07. The van der Waals surface area contributed by atoms with E-state index >= 15 is 0 Å². The molecule has 1 rings (SSSR count). The quantitative estimate of drug-likeness (QED) is 0.534. The van der Waals surface area contributed by atoms with E-state index in [1.54, 1.807) is 25.5 Å². The zero-order valence-corrected chi connectivity index (χ0v) is 8.27. The maximum atomic E-state index is 10.7. The molecule has 0 amide bonds. The van der Waals surface area contributed by atoms with Gasteiger partial charge in [0.1, 0.15) is 0 Å². The molecule has 3 heteroatoms. The third-order valence-corrected chi connectivity index (χ3v) is 1.67. The Kier molecular flexibility index (Phi) is 3.73. The lowest BCUT2D eigenvalue weighted by Crippen LogP contribution is -1.97. The van der Waals surface area contributed by atoms with E-state index in [1.807, 2.05) is 12.1 Å². The minimum Gasteiger partial charge on any atom is -0.295 e. The van der Waals surface area contributed by atoms with Gasteiger partial charge in [-0.3, -0.25) is 14.8 Å². The summed E-state index contributed by atoms with van der Waals surface area (Å²) in [6, 6.07) is 3.74. The van der Waals surface area contributed by atoms with Gasteiger partial charge >= 0.3 is 0 Å². The van der Waals surface area contributed by atoms with E-state index in [4.69, 9.17) is 0 Å². The Hall–Kier alpha value is -1.77. The van der Waals surface area contributed by atoms with Crippen LogP contribution in [0.3, 0.4) is 0 Å². The third-order valence-electron chi connectivity index (χ3n) is 1.67. The monoisotopic (exact) mass is 188 g/mol. The summed E-state index contributed by atoms with van der Waals surface area (Å²) in [5.41, 5.74) is 1.67. The molecule has 0 aliphatic heterocycles. The van der Waals surface area contributed by atoms with Crippen LogP contribution < -0.4 is 0 Å². The van der Waals surface area contributed by atoms with Crippen LogP contribution in [0.25, 0.3) is 0 Å². The highest BCUT2D eigenvalue weighted by atomic mass is 16.1. The first-order valence-corrected chi connectivity index (χ1v) is 4.30. The minimum absolute atomic E-state index is 0.00930. The Morgan fingerprint density at radius 1 is 1.50 bits per heavy atom. The lowest BCUT2D eigenvalue weighted by atomic mass is 10.1. The van der Waals surface area contributed by atoms with Crippen LogP contribution in [0, 0.1) is 0 Å². The Morgan fingerprint density at radius 2 is 2.29 bits per heavy atom. The average Bonchev–Trinajstić information content (AvgIpc) is 2.20. The fourth-order valence-corrected chi connectivity index (χ4v) is 1.01. The van der Waals surface area contributed by atoms with Gasteiger partial charge < -0.3 is 0 Å². The Morgan fingerprint density at radius 3 is 2.79 bits per heavy atom. The Labute approximate surface area is 83.2 Å². The molecule has 0 radical (unpaired) electrons. The first-order chi connectivity index (χ1) is 6.74. The standard InChI is InChI=1S/C11H12N2O/c1-9(14)5-6-11(12-2)10-4-3-7-13-8-10/h3-8H,1-2H3/b6-5-,12-11+. The molecule has 0 saturated heterocycles. The van der Waals surface area contributed by atoms with Crippen LogP contribution >= 0.6 is 0 Å². The number of carbonyl (C=O) groups is 1. The summed E-state index contributed by atoms with van der Waals surface area (Å²) in [7, 11) is 1.69. The molecule has 0 aliphatic rings. The van der Waals surface area contributed by atoms with Gasteiger partial charge in [0.25, 0.3) is 0 Å². The van der Waals surface area contributed by atoms with Crippen molar-refractivity contribution in [2.75, 3.05) is 7.05 Å². The first kappa shape index (κ1) is 10.3. The molecule has 14 heavy (non-hydrogen) atoms. The molecular formula is C11H12N2O. The molecule has 1 aromatic rings. The van der Waals surface area contributed by atoms with Crippen LogP contribution in [0.15, 0.2) is 41.7 Å². The van der Waals surface area contributed by atoms with E-state index < -0.39 is 0 Å². The van der Waals surface area contributed by atoms with E-state index in [1.165, 1.54) is 13.0 Å². The van der Waals surface area contributed by atoms with Crippen molar-refractivity contribution in [3.63, 3.8) is 0 Å². The number of hydrogen-bond donors (Lipinski definition) is 0. The van der Waals surface area contributed by atoms with Gasteiger partial charge in [0.15, 0.2) is 5.78 Å². The molecule has 0 N–H and O–H groups in total. The largest absolute Gasteiger partial charge is 0.295 e. The number of nitrogens with zero attached hydrogens (tertiary/aromatic N) is 2. The van der Waals surface area contributed by atoms with Gasteiger partial charge in [0, 0.05) is 25.0 Å². The van der Waals surface area contributed by atoms with Crippen LogP contribution in [-0.4, -0.2) is 23.5 Å². The number of aliphatic imine (C=N–C) groups is 1. The predicted molar refractivity (Wildman–Crippen MR) is 56.5 cm³/mol. The van der Waals surface area contributed by atoms with Gasteiger partial charge in [0.2, 0.25) is 0 Å². The fourth-order valence-electron chi connectivity index (χ4n) is 1.01. The highest BCUT2D eigenvalue weighted by Gasteiger charge is 1.97. The SMILES string of the molecule is C/N=C(\C=C/C(C)=O)c1cccnc1. The molecule has 0 spiro atoms. The number of allylic oxidation sites excluding steroid dienone is 2. The maximum absolute atomic E-state index is 10.7. The molecule has 3 nitrogen and oxygen atoms in total. The highest BCUT2D eigenvalue weighted by molar-refractivity contribution is 6.10. The number of ketones is 1. The van der Waals surface area contributed by atoms with Crippen LogP contribution in [0.4, 0.5) is 0 Å². The number of rotatable bonds is 3. The van der Waals surface area contributed by atoms with Gasteiger partial charge in [-0.25, -0.2) is 0 Å². The van der Waals surface area contributed by atoms with Crippen molar-refractivity contribution in [2.24, 2.45) is 4.99 Å². The van der Waals surface area contributed by atoms with Gasteiger partial charge in [-0.05, 0) is 31.2 Å². The molecule has 0 aliphatic carbocycles. The summed E-state index contributed by atoms with van der Waals surface area (Å²) in [5, 5.41) is 0. The van der Waals surface area contributed by atoms with Crippen molar-refractivity contribution in [1.82, 2.24) is 4.98 Å². The van der Waals surface area contributed by atoms with Gasteiger partial charge in [-0.1, -0.05) is 0 Å². The fraction of sp³-hybridized carbons (Fsp3) is 0.182. The topological polar surface area (TPSA) is 42.3 Å². The summed E-state index contributed by atoms with van der Waals surface area (Å²) < 4.78 is 0. The van der Waals surface area contributed by atoms with Crippen LogP contribution in [-0.2, 0) is 4.79 Å². The smallest absolute Gasteiger partial charge is 0.152 e. The second-order valence-electron chi connectivity index (χ2n) is 2.79. The molecule has 0 bridgehead atoms. The predicted octanol–water partition coefficient (Wildman–Crippen LogP) is 1.65. The van der Waals surface area contributed by atoms with Crippen molar-refractivity contribution < 1.29 is 4.79 Å². The molecule has 0 atom stereocenters. The summed E-state index contributed by atoms with van der Waals surface area (Å²) in [5.74, 6) is 0.00930. The normalized spacial score (nSPS) is 12.0. The third kappa shape index (κ3) is 2.94. The molecule has 0 saturated carbocycles. The number of pyridine rings is 1. The van der Waals surface area contributed by atoms with Crippen molar-refractivity contribution in [3.8, 4) is 0 Å². The van der Waals surface area contributed by atoms with Crippen LogP contribution in [0.2, 0.25) is 0 Å². The number of hydrogen-bond acceptors (Lipinski definition) is 3. The van der Waals surface area contributed by atoms with Gasteiger partial charge in [-0.15, -0.1) is 0 Å². The minimum atomic E-state index is 0.00930. The van der Waals surface area contributed by atoms with E-state index in [2.05, 4.69) is 9.98 Å². The number of carbonyl (C=O) groups excluding carboxylic acids is 1. The van der Waals surface area contributed by atoms with Crippen molar-refractivity contribution >= 4 is 11.5 Å². The lowest BCUT2D eigenvalue weighted by molar-refractivity contribution is -0.112. The first-order valence-electron chi connectivity index (χ1n) is 4.30. The van der Waals surface area contributed by atoms with Crippen molar-refractivity contribution in [2.45, 2.75) is 6.92 Å². The Bertz CT molecular complexity index is 366. The molecule has 72 valence electrons. The Balaban J connectivity index is 2.90. The van der Waals surface area contributed by atoms with Crippen molar-refractivity contribution in [3.05, 3.63) is 42.2 Å². The van der Waals surface area contributed by atoms with Gasteiger partial charge in [-0.2, -0.15) is 0 Å². The van der Waals surface area contributed by atoms with Crippen LogP contribution in [0.5, 0.6) is 0 Å². The summed E-state index contributed by atoms with van der Waals surface area (Å²) >= 11 is 0. The molecule has 1 aromatic heterocycles. The maximum Gasteiger partial charge on any atom is 0.152 e. The lowest BCUT2D eigenvalue weighted by Gasteiger charge is -1.97.